The summed E-state index contributed by atoms with van der Waals surface area (Å²) in [6.45, 7) is 0.229. The number of halogens is 1. The molecule has 0 radical (unpaired) electrons. The summed E-state index contributed by atoms with van der Waals surface area (Å²) in [5.74, 6) is 1.18. The Labute approximate surface area is 106 Å². The van der Waals surface area contributed by atoms with Crippen LogP contribution in [0.4, 0.5) is 4.39 Å². The third kappa shape index (κ3) is 5.02. The molecule has 0 aliphatic heterocycles. The SMILES string of the molecule is COc1cc(COCCC#N)cc(OCCF)c1. The summed E-state index contributed by atoms with van der Waals surface area (Å²) in [7, 11) is 1.55. The monoisotopic (exact) mass is 253 g/mol. The molecule has 0 saturated heterocycles. The van der Waals surface area contributed by atoms with Gasteiger partial charge in [-0.15, -0.1) is 0 Å². The molecule has 0 saturated carbocycles. The molecule has 1 aromatic rings. The minimum Gasteiger partial charge on any atom is -0.497 e. The minimum absolute atomic E-state index is 0.0158. The lowest BCUT2D eigenvalue weighted by Gasteiger charge is -2.10. The van der Waals surface area contributed by atoms with E-state index in [1.807, 2.05) is 12.1 Å². The molecular formula is C13H16FNO3. The van der Waals surface area contributed by atoms with E-state index in [-0.39, 0.29) is 6.61 Å². The fourth-order valence-corrected chi connectivity index (χ4v) is 1.38. The van der Waals surface area contributed by atoms with Crippen LogP contribution in [-0.2, 0) is 11.3 Å². The van der Waals surface area contributed by atoms with Gasteiger partial charge in [-0.1, -0.05) is 0 Å². The lowest BCUT2D eigenvalue weighted by molar-refractivity contribution is 0.126. The largest absolute Gasteiger partial charge is 0.497 e. The fraction of sp³-hybridized carbons (Fsp3) is 0.462. The van der Waals surface area contributed by atoms with Crippen molar-refractivity contribution in [1.29, 1.82) is 5.26 Å². The second kappa shape index (κ2) is 8.31. The molecule has 18 heavy (non-hydrogen) atoms. The average molecular weight is 253 g/mol. The second-order valence-electron chi connectivity index (χ2n) is 3.51. The topological polar surface area (TPSA) is 51.5 Å². The second-order valence-corrected chi connectivity index (χ2v) is 3.51. The molecule has 0 aromatic heterocycles. The Bertz CT molecular complexity index is 404. The number of benzene rings is 1. The number of methoxy groups -OCH3 is 1. The minimum atomic E-state index is -0.536. The molecule has 1 aromatic carbocycles. The average Bonchev–Trinajstić information content (AvgIpc) is 2.41. The highest BCUT2D eigenvalue weighted by atomic mass is 19.1. The number of ether oxygens (including phenoxy) is 3. The highest BCUT2D eigenvalue weighted by molar-refractivity contribution is 5.38. The molecule has 98 valence electrons. The molecule has 0 unspecified atom stereocenters. The van der Waals surface area contributed by atoms with Gasteiger partial charge in [0.15, 0.2) is 0 Å². The molecule has 5 heteroatoms. The van der Waals surface area contributed by atoms with Crippen LogP contribution in [0.3, 0.4) is 0 Å². The Morgan fingerprint density at radius 1 is 1.22 bits per heavy atom. The van der Waals surface area contributed by atoms with Crippen LogP contribution in [0, 0.1) is 11.3 Å². The van der Waals surface area contributed by atoms with E-state index < -0.39 is 6.67 Å². The van der Waals surface area contributed by atoms with Gasteiger partial charge in [-0.2, -0.15) is 5.26 Å². The first kappa shape index (κ1) is 14.3. The quantitative estimate of drug-likeness (QED) is 0.668. The molecule has 4 nitrogen and oxygen atoms in total. The van der Waals surface area contributed by atoms with Gasteiger partial charge in [0.1, 0.15) is 24.8 Å². The summed E-state index contributed by atoms with van der Waals surface area (Å²) in [5.41, 5.74) is 0.862. The van der Waals surface area contributed by atoms with Crippen molar-refractivity contribution in [2.45, 2.75) is 13.0 Å². The standard InChI is InChI=1S/C13H16FNO3/c1-16-12-7-11(10-17-5-2-4-15)8-13(9-12)18-6-3-14/h7-9H,2-3,5-6,10H2,1H3. The molecule has 0 N–H and O–H groups in total. The Morgan fingerprint density at radius 2 is 2.00 bits per heavy atom. The number of alkyl halides is 1. The van der Waals surface area contributed by atoms with Gasteiger partial charge in [0.25, 0.3) is 0 Å². The van der Waals surface area contributed by atoms with E-state index in [0.29, 0.717) is 31.1 Å². The molecule has 1 rings (SSSR count). The zero-order valence-electron chi connectivity index (χ0n) is 10.3. The Morgan fingerprint density at radius 3 is 2.67 bits per heavy atom. The molecule has 0 fully saturated rings. The molecule has 0 amide bonds. The van der Waals surface area contributed by atoms with E-state index >= 15 is 0 Å². The molecule has 0 bridgehead atoms. The number of rotatable bonds is 8. The van der Waals surface area contributed by atoms with Crippen molar-refractivity contribution in [3.63, 3.8) is 0 Å². The van der Waals surface area contributed by atoms with Crippen molar-refractivity contribution >= 4 is 0 Å². The summed E-state index contributed by atoms with van der Waals surface area (Å²) in [4.78, 5) is 0. The van der Waals surface area contributed by atoms with Gasteiger partial charge in [-0.05, 0) is 17.7 Å². The van der Waals surface area contributed by atoms with Gasteiger partial charge in [0, 0.05) is 6.07 Å². The highest BCUT2D eigenvalue weighted by Gasteiger charge is 2.03. The first-order valence-electron chi connectivity index (χ1n) is 5.61. The van der Waals surface area contributed by atoms with Crippen molar-refractivity contribution in [3.05, 3.63) is 23.8 Å². The summed E-state index contributed by atoms with van der Waals surface area (Å²) in [6.07, 6.45) is 0.356. The van der Waals surface area contributed by atoms with Gasteiger partial charge in [0.05, 0.1) is 32.8 Å². The normalized spacial score (nSPS) is 9.83. The van der Waals surface area contributed by atoms with Crippen LogP contribution < -0.4 is 9.47 Å². The number of nitriles is 1. The smallest absolute Gasteiger partial charge is 0.123 e. The van der Waals surface area contributed by atoms with Gasteiger partial charge < -0.3 is 14.2 Å². The lowest BCUT2D eigenvalue weighted by Crippen LogP contribution is -2.01. The molecule has 0 aliphatic rings. The van der Waals surface area contributed by atoms with E-state index in [0.717, 1.165) is 5.56 Å². The molecular weight excluding hydrogens is 237 g/mol. The summed E-state index contributed by atoms with van der Waals surface area (Å²) >= 11 is 0. The highest BCUT2D eigenvalue weighted by Crippen LogP contribution is 2.23. The maximum absolute atomic E-state index is 12.0. The van der Waals surface area contributed by atoms with E-state index in [1.165, 1.54) is 0 Å². The predicted molar refractivity (Wildman–Crippen MR) is 64.4 cm³/mol. The fourth-order valence-electron chi connectivity index (χ4n) is 1.38. The van der Waals surface area contributed by atoms with Gasteiger partial charge in [0.2, 0.25) is 0 Å². The Kier molecular flexibility index (Phi) is 6.59. The number of hydrogen-bond acceptors (Lipinski definition) is 4. The maximum Gasteiger partial charge on any atom is 0.123 e. The van der Waals surface area contributed by atoms with Crippen molar-refractivity contribution in [1.82, 2.24) is 0 Å². The van der Waals surface area contributed by atoms with E-state index in [4.69, 9.17) is 19.5 Å². The van der Waals surface area contributed by atoms with Crippen LogP contribution >= 0.6 is 0 Å². The van der Waals surface area contributed by atoms with Crippen LogP contribution in [0.25, 0.3) is 0 Å². The van der Waals surface area contributed by atoms with Gasteiger partial charge in [-0.3, -0.25) is 0 Å². The summed E-state index contributed by atoms with van der Waals surface area (Å²) in [5, 5.41) is 8.38. The zero-order chi connectivity index (χ0) is 13.2. The first-order valence-corrected chi connectivity index (χ1v) is 5.61. The van der Waals surface area contributed by atoms with Crippen molar-refractivity contribution in [2.24, 2.45) is 0 Å². The molecule has 0 heterocycles. The lowest BCUT2D eigenvalue weighted by atomic mass is 10.2. The van der Waals surface area contributed by atoms with E-state index in [2.05, 4.69) is 0 Å². The Hall–Kier alpha value is -1.80. The van der Waals surface area contributed by atoms with Crippen LogP contribution in [-0.4, -0.2) is 27.0 Å². The molecule has 0 atom stereocenters. The molecule has 0 aliphatic carbocycles. The van der Waals surface area contributed by atoms with Crippen molar-refractivity contribution in [2.75, 3.05) is 27.0 Å². The van der Waals surface area contributed by atoms with E-state index in [9.17, 15) is 4.39 Å². The first-order chi connectivity index (χ1) is 8.80. The summed E-state index contributed by atoms with van der Waals surface area (Å²) in [6, 6.07) is 7.27. The van der Waals surface area contributed by atoms with Crippen molar-refractivity contribution < 1.29 is 18.6 Å². The summed E-state index contributed by atoms with van der Waals surface area (Å²) < 4.78 is 27.7. The van der Waals surface area contributed by atoms with Crippen LogP contribution in [0.5, 0.6) is 11.5 Å². The molecule has 0 spiro atoms. The maximum atomic E-state index is 12.0. The van der Waals surface area contributed by atoms with Gasteiger partial charge in [-0.25, -0.2) is 4.39 Å². The van der Waals surface area contributed by atoms with Crippen LogP contribution in [0.15, 0.2) is 18.2 Å². The van der Waals surface area contributed by atoms with Crippen LogP contribution in [0.2, 0.25) is 0 Å². The number of hydrogen-bond donors (Lipinski definition) is 0. The third-order valence-corrected chi connectivity index (χ3v) is 2.15. The Balaban J connectivity index is 2.62. The van der Waals surface area contributed by atoms with Gasteiger partial charge >= 0.3 is 0 Å². The predicted octanol–water partition coefficient (Wildman–Crippen LogP) is 2.47. The van der Waals surface area contributed by atoms with E-state index in [1.54, 1.807) is 19.2 Å². The third-order valence-electron chi connectivity index (χ3n) is 2.15. The van der Waals surface area contributed by atoms with Crippen LogP contribution in [0.1, 0.15) is 12.0 Å². The van der Waals surface area contributed by atoms with Crippen molar-refractivity contribution in [3.8, 4) is 17.6 Å². The zero-order valence-corrected chi connectivity index (χ0v) is 10.3. The number of nitrogens with zero attached hydrogens (tertiary/aromatic N) is 1.